The highest BCUT2D eigenvalue weighted by Gasteiger charge is 2.08. The first kappa shape index (κ1) is 11.8. The molecule has 2 nitrogen and oxygen atoms in total. The average molecular weight is 187 g/mol. The molecule has 0 amide bonds. The lowest BCUT2D eigenvalue weighted by Crippen LogP contribution is -2.21. The van der Waals surface area contributed by atoms with Crippen molar-refractivity contribution in [2.45, 2.75) is 45.8 Å². The summed E-state index contributed by atoms with van der Waals surface area (Å²) in [6, 6.07) is 0. The molecule has 0 aliphatic carbocycles. The first-order valence-electron chi connectivity index (χ1n) is 4.43. The van der Waals surface area contributed by atoms with Crippen molar-refractivity contribution in [3.63, 3.8) is 0 Å². The summed E-state index contributed by atoms with van der Waals surface area (Å²) in [6.07, 6.45) is 2.54. The molecule has 3 heteroatoms. The minimum Gasteiger partial charge on any atom is -0.373 e. The van der Waals surface area contributed by atoms with E-state index < -0.39 is 0 Å². The van der Waals surface area contributed by atoms with Gasteiger partial charge in [-0.05, 0) is 32.0 Å². The van der Waals surface area contributed by atoms with E-state index in [1.54, 1.807) is 0 Å². The molecule has 0 saturated carbocycles. The van der Waals surface area contributed by atoms with Crippen LogP contribution in [0.3, 0.4) is 0 Å². The molecule has 0 radical (unpaired) electrons. The molecule has 70 valence electrons. The monoisotopic (exact) mass is 187 g/mol. The largest absolute Gasteiger partial charge is 0.373 e. The van der Waals surface area contributed by atoms with Crippen LogP contribution in [0.2, 0.25) is 0 Å². The molecule has 12 heavy (non-hydrogen) atoms. The van der Waals surface area contributed by atoms with Gasteiger partial charge in [0.25, 0.3) is 0 Å². The van der Waals surface area contributed by atoms with Gasteiger partial charge in [-0.1, -0.05) is 13.8 Å². The van der Waals surface area contributed by atoms with Crippen molar-refractivity contribution in [2.24, 2.45) is 4.99 Å². The van der Waals surface area contributed by atoms with Gasteiger partial charge >= 0.3 is 0 Å². The standard InChI is InChI=1S/C9H17NOS/c1-4-8(3)11-9(5-2)6-10-7-12/h8-9H,4-6H2,1-3H3/t8-,9-/m1/s1. The minimum atomic E-state index is 0.204. The van der Waals surface area contributed by atoms with Gasteiger partial charge in [-0.25, -0.2) is 4.99 Å². The molecule has 0 fully saturated rings. The Balaban J connectivity index is 3.73. The molecular weight excluding hydrogens is 170 g/mol. The van der Waals surface area contributed by atoms with E-state index in [1.807, 2.05) is 0 Å². The van der Waals surface area contributed by atoms with E-state index in [1.165, 1.54) is 0 Å². The van der Waals surface area contributed by atoms with Gasteiger partial charge in [0.1, 0.15) is 0 Å². The van der Waals surface area contributed by atoms with Gasteiger partial charge in [-0.3, -0.25) is 0 Å². The summed E-state index contributed by atoms with van der Waals surface area (Å²) in [4.78, 5) is 3.87. The predicted octanol–water partition coefficient (Wildman–Crippen LogP) is 2.68. The van der Waals surface area contributed by atoms with Gasteiger partial charge in [0.2, 0.25) is 0 Å². The summed E-state index contributed by atoms with van der Waals surface area (Å²) in [7, 11) is 0. The second-order valence-electron chi connectivity index (χ2n) is 2.82. The van der Waals surface area contributed by atoms with Crippen molar-refractivity contribution in [2.75, 3.05) is 6.54 Å². The lowest BCUT2D eigenvalue weighted by atomic mass is 10.2. The molecule has 0 N–H and O–H groups in total. The molecule has 0 aliphatic heterocycles. The number of thiocarbonyl (C=S) groups is 1. The van der Waals surface area contributed by atoms with E-state index in [0.29, 0.717) is 12.6 Å². The van der Waals surface area contributed by atoms with Crippen molar-refractivity contribution in [3.8, 4) is 0 Å². The zero-order valence-electron chi connectivity index (χ0n) is 8.04. The summed E-state index contributed by atoms with van der Waals surface area (Å²) in [6.45, 7) is 6.92. The van der Waals surface area contributed by atoms with Crippen molar-refractivity contribution < 1.29 is 4.74 Å². The van der Waals surface area contributed by atoms with Crippen LogP contribution in [-0.4, -0.2) is 23.9 Å². The molecule has 0 aliphatic rings. The zero-order chi connectivity index (χ0) is 9.40. The van der Waals surface area contributed by atoms with Gasteiger partial charge in [-0.15, -0.1) is 0 Å². The molecule has 0 spiro atoms. The normalized spacial score (nSPS) is 14.9. The van der Waals surface area contributed by atoms with Crippen LogP contribution in [-0.2, 0) is 4.74 Å². The third-order valence-electron chi connectivity index (χ3n) is 1.81. The van der Waals surface area contributed by atoms with Crippen LogP contribution in [0.15, 0.2) is 4.99 Å². The Bertz CT molecular complexity index is 155. The van der Waals surface area contributed by atoms with Crippen LogP contribution < -0.4 is 0 Å². The van der Waals surface area contributed by atoms with Crippen molar-refractivity contribution in [3.05, 3.63) is 0 Å². The Kier molecular flexibility index (Phi) is 7.26. The summed E-state index contributed by atoms with van der Waals surface area (Å²) in [5.41, 5.74) is 0. The molecule has 0 aromatic heterocycles. The smallest absolute Gasteiger partial charge is 0.0779 e. The number of nitrogens with zero attached hydrogens (tertiary/aromatic N) is 1. The predicted molar refractivity (Wildman–Crippen MR) is 54.8 cm³/mol. The number of aliphatic imine (C=N–C) groups is 1. The molecule has 0 unspecified atom stereocenters. The maximum absolute atomic E-state index is 5.67. The Hall–Kier alpha value is -0.240. The maximum Gasteiger partial charge on any atom is 0.0779 e. The third kappa shape index (κ3) is 5.42. The topological polar surface area (TPSA) is 21.6 Å². The Morgan fingerprint density at radius 2 is 2.08 bits per heavy atom. The van der Waals surface area contributed by atoms with E-state index in [-0.39, 0.29) is 6.10 Å². The number of rotatable bonds is 6. The summed E-state index contributed by atoms with van der Waals surface area (Å²) >= 11 is 4.49. The van der Waals surface area contributed by atoms with Gasteiger partial charge in [0, 0.05) is 0 Å². The first-order chi connectivity index (χ1) is 5.74. The molecule has 0 bridgehead atoms. The fraction of sp³-hybridized carbons (Fsp3) is 0.889. The third-order valence-corrected chi connectivity index (χ3v) is 1.94. The molecule has 0 saturated heterocycles. The second-order valence-corrected chi connectivity index (χ2v) is 3.00. The summed E-state index contributed by atoms with van der Waals surface area (Å²) < 4.78 is 5.67. The fourth-order valence-corrected chi connectivity index (χ4v) is 0.907. The molecule has 2 atom stereocenters. The minimum absolute atomic E-state index is 0.204. The van der Waals surface area contributed by atoms with Crippen molar-refractivity contribution >= 4 is 17.4 Å². The lowest BCUT2D eigenvalue weighted by molar-refractivity contribution is 0.000107. The molecule has 0 aromatic rings. The Morgan fingerprint density at radius 3 is 2.50 bits per heavy atom. The number of ether oxygens (including phenoxy) is 1. The average Bonchev–Trinajstić information content (AvgIpc) is 2.11. The zero-order valence-corrected chi connectivity index (χ0v) is 8.86. The highest BCUT2D eigenvalue weighted by Crippen LogP contribution is 2.05. The molecule has 0 aromatic carbocycles. The van der Waals surface area contributed by atoms with Crippen LogP contribution in [0.25, 0.3) is 0 Å². The van der Waals surface area contributed by atoms with Gasteiger partial charge in [0.15, 0.2) is 0 Å². The second kappa shape index (κ2) is 7.41. The van der Waals surface area contributed by atoms with E-state index in [0.717, 1.165) is 12.8 Å². The Labute approximate surface area is 80.0 Å². The SMILES string of the molecule is CC[C@H](CN=C=S)O[C@H](C)CC. The summed E-state index contributed by atoms with van der Waals surface area (Å²) in [5.74, 6) is 0. The van der Waals surface area contributed by atoms with Crippen molar-refractivity contribution in [1.29, 1.82) is 0 Å². The lowest BCUT2D eigenvalue weighted by Gasteiger charge is -2.18. The van der Waals surface area contributed by atoms with E-state index in [2.05, 4.69) is 43.1 Å². The van der Waals surface area contributed by atoms with Gasteiger partial charge < -0.3 is 4.74 Å². The van der Waals surface area contributed by atoms with Crippen LogP contribution in [0.4, 0.5) is 0 Å². The van der Waals surface area contributed by atoms with Crippen LogP contribution in [0.1, 0.15) is 33.6 Å². The quantitative estimate of drug-likeness (QED) is 0.471. The number of isothiocyanates is 1. The molecule has 0 heterocycles. The maximum atomic E-state index is 5.67. The molecule has 0 rings (SSSR count). The van der Waals surface area contributed by atoms with Crippen LogP contribution >= 0.6 is 12.2 Å². The highest BCUT2D eigenvalue weighted by atomic mass is 32.1. The number of hydrogen-bond donors (Lipinski definition) is 0. The van der Waals surface area contributed by atoms with Crippen LogP contribution in [0.5, 0.6) is 0 Å². The van der Waals surface area contributed by atoms with Gasteiger partial charge in [-0.2, -0.15) is 0 Å². The molecular formula is C9H17NOS. The van der Waals surface area contributed by atoms with Crippen LogP contribution in [0, 0.1) is 0 Å². The fourth-order valence-electron chi connectivity index (χ4n) is 0.832. The number of hydrogen-bond acceptors (Lipinski definition) is 3. The van der Waals surface area contributed by atoms with Crippen molar-refractivity contribution in [1.82, 2.24) is 0 Å². The summed E-state index contributed by atoms with van der Waals surface area (Å²) in [5, 5.41) is 2.35. The first-order valence-corrected chi connectivity index (χ1v) is 4.84. The highest BCUT2D eigenvalue weighted by molar-refractivity contribution is 7.78. The van der Waals surface area contributed by atoms with Gasteiger partial charge in [0.05, 0.1) is 23.9 Å². The van der Waals surface area contributed by atoms with E-state index >= 15 is 0 Å². The Morgan fingerprint density at radius 1 is 1.42 bits per heavy atom. The van der Waals surface area contributed by atoms with E-state index in [9.17, 15) is 0 Å². The van der Waals surface area contributed by atoms with E-state index in [4.69, 9.17) is 4.74 Å².